The third kappa shape index (κ3) is 2.76. The number of nitrogens with two attached hydrogens (primary N) is 1. The highest BCUT2D eigenvalue weighted by Gasteiger charge is 2.03. The molecule has 18 heavy (non-hydrogen) atoms. The lowest BCUT2D eigenvalue weighted by molar-refractivity contribution is 0.0697. The Labute approximate surface area is 104 Å². The zero-order valence-electron chi connectivity index (χ0n) is 9.54. The van der Waals surface area contributed by atoms with Crippen molar-refractivity contribution in [3.05, 3.63) is 53.7 Å². The van der Waals surface area contributed by atoms with Crippen molar-refractivity contribution in [2.75, 3.05) is 5.73 Å². The van der Waals surface area contributed by atoms with Gasteiger partial charge < -0.3 is 15.6 Å². The number of nitrogens with zero attached hydrogens (tertiary/aromatic N) is 1. The molecule has 1 aromatic heterocycles. The number of rotatable bonds is 4. The number of carbonyl (C=O) groups is 1. The minimum absolute atomic E-state index is 0.250. The van der Waals surface area contributed by atoms with Gasteiger partial charge in [-0.15, -0.1) is 0 Å². The van der Waals surface area contributed by atoms with Crippen molar-refractivity contribution in [2.24, 2.45) is 0 Å². The van der Waals surface area contributed by atoms with Gasteiger partial charge in [-0.1, -0.05) is 12.1 Å². The molecular formula is C13H12N2O3. The van der Waals surface area contributed by atoms with Gasteiger partial charge in [-0.25, -0.2) is 9.78 Å². The molecule has 0 bridgehead atoms. The lowest BCUT2D eigenvalue weighted by Crippen LogP contribution is -2.01. The SMILES string of the molecule is Nc1ncccc1OCc1ccc(C(=O)O)cc1. The van der Waals surface area contributed by atoms with Crippen molar-refractivity contribution < 1.29 is 14.6 Å². The number of carboxylic acid groups (broad SMARTS) is 1. The zero-order chi connectivity index (χ0) is 13.0. The van der Waals surface area contributed by atoms with Gasteiger partial charge >= 0.3 is 5.97 Å². The maximum absolute atomic E-state index is 10.7. The topological polar surface area (TPSA) is 85.4 Å². The first kappa shape index (κ1) is 11.9. The van der Waals surface area contributed by atoms with Crippen molar-refractivity contribution >= 4 is 11.8 Å². The molecule has 0 fully saturated rings. The van der Waals surface area contributed by atoms with Crippen molar-refractivity contribution in [1.82, 2.24) is 4.98 Å². The molecule has 2 aromatic rings. The van der Waals surface area contributed by atoms with E-state index >= 15 is 0 Å². The van der Waals surface area contributed by atoms with Crippen molar-refractivity contribution in [3.63, 3.8) is 0 Å². The second kappa shape index (κ2) is 5.18. The molecule has 3 N–H and O–H groups in total. The van der Waals surface area contributed by atoms with Crippen LogP contribution in [0.3, 0.4) is 0 Å². The van der Waals surface area contributed by atoms with Crippen LogP contribution in [-0.4, -0.2) is 16.1 Å². The van der Waals surface area contributed by atoms with Crippen LogP contribution in [-0.2, 0) is 6.61 Å². The summed E-state index contributed by atoms with van der Waals surface area (Å²) in [6.07, 6.45) is 1.59. The molecule has 0 aliphatic carbocycles. The van der Waals surface area contributed by atoms with Gasteiger partial charge in [-0.3, -0.25) is 0 Å². The lowest BCUT2D eigenvalue weighted by Gasteiger charge is -2.07. The molecule has 92 valence electrons. The monoisotopic (exact) mass is 244 g/mol. The van der Waals surface area contributed by atoms with Gasteiger partial charge in [0.15, 0.2) is 11.6 Å². The number of hydrogen-bond donors (Lipinski definition) is 2. The van der Waals surface area contributed by atoms with E-state index in [4.69, 9.17) is 15.6 Å². The van der Waals surface area contributed by atoms with Gasteiger partial charge in [0.25, 0.3) is 0 Å². The highest BCUT2D eigenvalue weighted by molar-refractivity contribution is 5.87. The average Bonchev–Trinajstić information content (AvgIpc) is 2.38. The van der Waals surface area contributed by atoms with Crippen molar-refractivity contribution in [2.45, 2.75) is 6.61 Å². The second-order valence-electron chi connectivity index (χ2n) is 3.68. The fourth-order valence-corrected chi connectivity index (χ4v) is 1.43. The van der Waals surface area contributed by atoms with E-state index in [-0.39, 0.29) is 5.56 Å². The summed E-state index contributed by atoms with van der Waals surface area (Å²) in [6.45, 7) is 0.315. The Morgan fingerprint density at radius 2 is 2.00 bits per heavy atom. The van der Waals surface area contributed by atoms with Gasteiger partial charge in [0.1, 0.15) is 6.61 Å². The molecule has 2 rings (SSSR count). The average molecular weight is 244 g/mol. The largest absolute Gasteiger partial charge is 0.485 e. The first-order chi connectivity index (χ1) is 8.66. The number of aromatic nitrogens is 1. The van der Waals surface area contributed by atoms with Crippen LogP contribution in [0.4, 0.5) is 5.82 Å². The fraction of sp³-hybridized carbons (Fsp3) is 0.0769. The molecule has 0 aliphatic heterocycles. The van der Waals surface area contributed by atoms with Crippen LogP contribution in [0.5, 0.6) is 5.75 Å². The number of pyridine rings is 1. The van der Waals surface area contributed by atoms with E-state index in [1.54, 1.807) is 30.5 Å². The Kier molecular flexibility index (Phi) is 3.43. The molecule has 1 heterocycles. The quantitative estimate of drug-likeness (QED) is 0.858. The number of benzene rings is 1. The zero-order valence-corrected chi connectivity index (χ0v) is 9.54. The summed E-state index contributed by atoms with van der Waals surface area (Å²) in [6, 6.07) is 9.94. The van der Waals surface area contributed by atoms with E-state index < -0.39 is 5.97 Å². The highest BCUT2D eigenvalue weighted by atomic mass is 16.5. The maximum Gasteiger partial charge on any atom is 0.335 e. The van der Waals surface area contributed by atoms with E-state index in [9.17, 15) is 4.79 Å². The molecular weight excluding hydrogens is 232 g/mol. The Balaban J connectivity index is 2.02. The summed E-state index contributed by atoms with van der Waals surface area (Å²) in [5.74, 6) is -0.0987. The number of aromatic carboxylic acids is 1. The van der Waals surface area contributed by atoms with E-state index in [1.165, 1.54) is 12.1 Å². The molecule has 0 unspecified atom stereocenters. The number of hydrogen-bond acceptors (Lipinski definition) is 4. The van der Waals surface area contributed by atoms with Crippen molar-refractivity contribution in [1.29, 1.82) is 0 Å². The van der Waals surface area contributed by atoms with Gasteiger partial charge in [0, 0.05) is 6.20 Å². The lowest BCUT2D eigenvalue weighted by atomic mass is 10.1. The minimum atomic E-state index is -0.945. The summed E-state index contributed by atoms with van der Waals surface area (Å²) >= 11 is 0. The molecule has 0 radical (unpaired) electrons. The normalized spacial score (nSPS) is 10.0. The molecule has 0 atom stereocenters. The summed E-state index contributed by atoms with van der Waals surface area (Å²) in [7, 11) is 0. The third-order valence-corrected chi connectivity index (χ3v) is 2.39. The Morgan fingerprint density at radius 1 is 1.28 bits per heavy atom. The van der Waals surface area contributed by atoms with E-state index in [0.717, 1.165) is 5.56 Å². The highest BCUT2D eigenvalue weighted by Crippen LogP contribution is 2.18. The Morgan fingerprint density at radius 3 is 2.61 bits per heavy atom. The predicted molar refractivity (Wildman–Crippen MR) is 66.4 cm³/mol. The molecule has 5 heteroatoms. The van der Waals surface area contributed by atoms with Crippen LogP contribution in [0.25, 0.3) is 0 Å². The van der Waals surface area contributed by atoms with Crippen LogP contribution in [0.1, 0.15) is 15.9 Å². The van der Waals surface area contributed by atoms with Crippen LogP contribution in [0.15, 0.2) is 42.6 Å². The van der Waals surface area contributed by atoms with E-state index in [2.05, 4.69) is 4.98 Å². The first-order valence-electron chi connectivity index (χ1n) is 5.32. The molecule has 1 aromatic carbocycles. The van der Waals surface area contributed by atoms with Crippen LogP contribution < -0.4 is 10.5 Å². The Hall–Kier alpha value is -2.56. The van der Waals surface area contributed by atoms with Crippen LogP contribution in [0.2, 0.25) is 0 Å². The molecule has 0 saturated heterocycles. The summed E-state index contributed by atoms with van der Waals surface area (Å²) < 4.78 is 5.49. The summed E-state index contributed by atoms with van der Waals surface area (Å²) in [5.41, 5.74) is 6.75. The predicted octanol–water partition coefficient (Wildman–Crippen LogP) is 1.94. The molecule has 0 aliphatic rings. The maximum atomic E-state index is 10.7. The second-order valence-corrected chi connectivity index (χ2v) is 3.68. The Bertz CT molecular complexity index is 552. The smallest absolute Gasteiger partial charge is 0.335 e. The number of anilines is 1. The third-order valence-electron chi connectivity index (χ3n) is 2.39. The molecule has 0 saturated carbocycles. The van der Waals surface area contributed by atoms with Crippen molar-refractivity contribution in [3.8, 4) is 5.75 Å². The number of nitrogen functional groups attached to an aromatic ring is 1. The minimum Gasteiger partial charge on any atom is -0.485 e. The number of ether oxygens (including phenoxy) is 1. The number of carboxylic acids is 1. The fourth-order valence-electron chi connectivity index (χ4n) is 1.43. The van der Waals surface area contributed by atoms with Crippen LogP contribution in [0, 0.1) is 0 Å². The summed E-state index contributed by atoms with van der Waals surface area (Å²) in [5, 5.41) is 8.76. The van der Waals surface area contributed by atoms with E-state index in [0.29, 0.717) is 18.2 Å². The van der Waals surface area contributed by atoms with Crippen LogP contribution >= 0.6 is 0 Å². The van der Waals surface area contributed by atoms with E-state index in [1.807, 2.05) is 0 Å². The first-order valence-corrected chi connectivity index (χ1v) is 5.32. The molecule has 0 amide bonds. The van der Waals surface area contributed by atoms with Gasteiger partial charge in [0.05, 0.1) is 5.56 Å². The molecule has 5 nitrogen and oxygen atoms in total. The van der Waals surface area contributed by atoms with Gasteiger partial charge in [-0.05, 0) is 29.8 Å². The summed E-state index contributed by atoms with van der Waals surface area (Å²) in [4.78, 5) is 14.6. The van der Waals surface area contributed by atoms with Gasteiger partial charge in [0.2, 0.25) is 0 Å². The standard InChI is InChI=1S/C13H12N2O3/c14-12-11(2-1-7-15-12)18-8-9-3-5-10(6-4-9)13(16)17/h1-7H,8H2,(H2,14,15)(H,16,17). The van der Waals surface area contributed by atoms with Gasteiger partial charge in [-0.2, -0.15) is 0 Å². The molecule has 0 spiro atoms.